The molecule has 0 bridgehead atoms. The Morgan fingerprint density at radius 1 is 0.949 bits per heavy atom. The van der Waals surface area contributed by atoms with Crippen molar-refractivity contribution in [3.05, 3.63) is 88.2 Å². The third-order valence-electron chi connectivity index (χ3n) is 8.06. The Morgan fingerprint density at radius 3 is 2.41 bits per heavy atom. The number of carbonyl (C=O) groups is 1. The van der Waals surface area contributed by atoms with Crippen LogP contribution < -0.4 is 10.1 Å². The van der Waals surface area contributed by atoms with E-state index in [0.717, 1.165) is 68.4 Å². The standard InChI is InChI=1S/C34H45NO4/c1-5-25-8-7-9-28(20-25)33-22-32(13-12-27(33)18-19-35-24(3)36)39-31-16-14-30(15-17-31)38-23-29-11-10-26(6-2)21-34(29)37-4/h7-13,20-21,30-31,33H,5-6,14-19,22-23H2,1-4H3,(H,35,36). The van der Waals surface area contributed by atoms with E-state index in [1.54, 1.807) is 14.0 Å². The van der Waals surface area contributed by atoms with Crippen LogP contribution in [-0.4, -0.2) is 31.8 Å². The molecule has 0 radical (unpaired) electrons. The van der Waals surface area contributed by atoms with E-state index in [0.29, 0.717) is 13.2 Å². The van der Waals surface area contributed by atoms with E-state index in [4.69, 9.17) is 14.2 Å². The Balaban J connectivity index is 1.33. The number of ether oxygens (including phenoxy) is 3. The molecule has 5 nitrogen and oxygen atoms in total. The van der Waals surface area contributed by atoms with Gasteiger partial charge in [0.25, 0.3) is 0 Å². The normalized spacial score (nSPS) is 21.1. The van der Waals surface area contributed by atoms with Crippen molar-refractivity contribution in [1.29, 1.82) is 0 Å². The zero-order valence-corrected chi connectivity index (χ0v) is 24.1. The fraction of sp³-hybridized carbons (Fsp3) is 0.500. The summed E-state index contributed by atoms with van der Waals surface area (Å²) in [5.74, 6) is 2.28. The molecule has 1 fully saturated rings. The van der Waals surface area contributed by atoms with Crippen LogP contribution >= 0.6 is 0 Å². The number of amides is 1. The Hall–Kier alpha value is -3.05. The molecule has 0 heterocycles. The highest BCUT2D eigenvalue weighted by atomic mass is 16.5. The highest BCUT2D eigenvalue weighted by molar-refractivity contribution is 5.72. The summed E-state index contributed by atoms with van der Waals surface area (Å²) in [5, 5.41) is 2.95. The van der Waals surface area contributed by atoms with Crippen molar-refractivity contribution in [2.24, 2.45) is 0 Å². The van der Waals surface area contributed by atoms with Crippen LogP contribution in [0.15, 0.2) is 65.9 Å². The summed E-state index contributed by atoms with van der Waals surface area (Å²) in [5.41, 5.74) is 6.42. The Labute approximate surface area is 234 Å². The minimum atomic E-state index is 0.0172. The minimum Gasteiger partial charge on any atom is -0.496 e. The van der Waals surface area contributed by atoms with Crippen LogP contribution in [0.4, 0.5) is 0 Å². The van der Waals surface area contributed by atoms with E-state index in [2.05, 4.69) is 73.8 Å². The number of hydrogen-bond donors (Lipinski definition) is 1. The summed E-state index contributed by atoms with van der Waals surface area (Å²) in [6.45, 7) is 7.17. The molecule has 1 saturated carbocycles. The lowest BCUT2D eigenvalue weighted by Gasteiger charge is -2.32. The second-order valence-corrected chi connectivity index (χ2v) is 10.8. The van der Waals surface area contributed by atoms with Crippen LogP contribution in [0.5, 0.6) is 5.75 Å². The highest BCUT2D eigenvalue weighted by Crippen LogP contribution is 2.38. The summed E-state index contributed by atoms with van der Waals surface area (Å²) in [4.78, 5) is 11.4. The topological polar surface area (TPSA) is 56.8 Å². The van der Waals surface area contributed by atoms with E-state index in [9.17, 15) is 4.79 Å². The average Bonchev–Trinajstić information content (AvgIpc) is 2.97. The molecule has 0 aromatic heterocycles. The van der Waals surface area contributed by atoms with Crippen molar-refractivity contribution < 1.29 is 19.0 Å². The van der Waals surface area contributed by atoms with Gasteiger partial charge in [-0.25, -0.2) is 0 Å². The van der Waals surface area contributed by atoms with Crippen molar-refractivity contribution in [3.63, 3.8) is 0 Å². The van der Waals surface area contributed by atoms with Crippen molar-refractivity contribution in [2.75, 3.05) is 13.7 Å². The van der Waals surface area contributed by atoms with Crippen LogP contribution in [0, 0.1) is 0 Å². The molecule has 1 N–H and O–H groups in total. The van der Waals surface area contributed by atoms with Gasteiger partial charge in [-0.1, -0.05) is 61.9 Å². The summed E-state index contributed by atoms with van der Waals surface area (Å²) in [6, 6.07) is 15.3. The van der Waals surface area contributed by atoms with Gasteiger partial charge in [0.15, 0.2) is 0 Å². The summed E-state index contributed by atoms with van der Waals surface area (Å²) in [6.07, 6.45) is 12.6. The average molecular weight is 532 g/mol. The SMILES string of the molecule is CCc1cccc(C2CC(OC3CCC(OCc4ccc(CC)cc4OC)CC3)=CC=C2CCNC(C)=O)c1. The number of hydrogen-bond acceptors (Lipinski definition) is 4. The zero-order valence-electron chi connectivity index (χ0n) is 24.1. The molecule has 0 spiro atoms. The summed E-state index contributed by atoms with van der Waals surface area (Å²) in [7, 11) is 1.73. The fourth-order valence-electron chi connectivity index (χ4n) is 5.67. The molecule has 0 aliphatic heterocycles. The van der Waals surface area contributed by atoms with E-state index in [1.807, 2.05) is 0 Å². The molecule has 2 aromatic carbocycles. The molecule has 0 saturated heterocycles. The first-order valence-electron chi connectivity index (χ1n) is 14.7. The number of allylic oxidation sites excluding steroid dienone is 3. The second kappa shape index (κ2) is 14.4. The molecule has 1 amide bonds. The largest absolute Gasteiger partial charge is 0.496 e. The predicted octanol–water partition coefficient (Wildman–Crippen LogP) is 7.19. The molecule has 39 heavy (non-hydrogen) atoms. The van der Waals surface area contributed by atoms with E-state index in [-0.39, 0.29) is 24.0 Å². The summed E-state index contributed by atoms with van der Waals surface area (Å²) >= 11 is 0. The van der Waals surface area contributed by atoms with Gasteiger partial charge in [-0.3, -0.25) is 4.79 Å². The van der Waals surface area contributed by atoms with Gasteiger partial charge in [-0.15, -0.1) is 0 Å². The van der Waals surface area contributed by atoms with Crippen molar-refractivity contribution in [2.45, 2.75) is 96.9 Å². The van der Waals surface area contributed by atoms with Gasteiger partial charge in [0.1, 0.15) is 5.75 Å². The molecular formula is C34H45NO4. The van der Waals surface area contributed by atoms with E-state index < -0.39 is 0 Å². The Morgan fingerprint density at radius 2 is 1.69 bits per heavy atom. The lowest BCUT2D eigenvalue weighted by molar-refractivity contribution is -0.118. The molecule has 2 aromatic rings. The number of methoxy groups -OCH3 is 1. The number of carbonyl (C=O) groups excluding carboxylic acids is 1. The molecule has 210 valence electrons. The van der Waals surface area contributed by atoms with Gasteiger partial charge >= 0.3 is 0 Å². The van der Waals surface area contributed by atoms with E-state index in [1.165, 1.54) is 22.3 Å². The van der Waals surface area contributed by atoms with Crippen LogP contribution in [0.3, 0.4) is 0 Å². The number of rotatable bonds is 12. The van der Waals surface area contributed by atoms with Gasteiger partial charge in [0, 0.05) is 31.4 Å². The van der Waals surface area contributed by atoms with Gasteiger partial charge in [0.2, 0.25) is 5.91 Å². The van der Waals surface area contributed by atoms with Crippen LogP contribution in [-0.2, 0) is 33.7 Å². The first kappa shape index (κ1) is 28.9. The Bertz CT molecular complexity index is 1160. The first-order valence-corrected chi connectivity index (χ1v) is 14.7. The lowest BCUT2D eigenvalue weighted by Crippen LogP contribution is -2.27. The second-order valence-electron chi connectivity index (χ2n) is 10.8. The minimum absolute atomic E-state index is 0.0172. The molecule has 4 rings (SSSR count). The number of nitrogens with one attached hydrogen (secondary N) is 1. The quantitative estimate of drug-likeness (QED) is 0.315. The predicted molar refractivity (Wildman–Crippen MR) is 157 cm³/mol. The van der Waals surface area contributed by atoms with Crippen LogP contribution in [0.2, 0.25) is 0 Å². The lowest BCUT2D eigenvalue weighted by atomic mass is 9.82. The highest BCUT2D eigenvalue weighted by Gasteiger charge is 2.27. The number of aryl methyl sites for hydroxylation is 2. The van der Waals surface area contributed by atoms with Crippen LogP contribution in [0.25, 0.3) is 0 Å². The maximum absolute atomic E-state index is 11.4. The molecule has 2 aliphatic rings. The third kappa shape index (κ3) is 8.22. The molecule has 2 aliphatic carbocycles. The molecule has 1 unspecified atom stereocenters. The number of benzene rings is 2. The van der Waals surface area contributed by atoms with Gasteiger partial charge in [-0.2, -0.15) is 0 Å². The Kier molecular flexibility index (Phi) is 10.7. The smallest absolute Gasteiger partial charge is 0.216 e. The maximum atomic E-state index is 11.4. The van der Waals surface area contributed by atoms with Crippen molar-refractivity contribution in [3.8, 4) is 5.75 Å². The third-order valence-corrected chi connectivity index (χ3v) is 8.06. The van der Waals surface area contributed by atoms with Gasteiger partial charge < -0.3 is 19.5 Å². The van der Waals surface area contributed by atoms with Crippen LogP contribution in [0.1, 0.15) is 87.5 Å². The summed E-state index contributed by atoms with van der Waals surface area (Å²) < 4.78 is 18.5. The van der Waals surface area contributed by atoms with Gasteiger partial charge in [-0.05, 0) is 73.8 Å². The molecular weight excluding hydrogens is 486 g/mol. The zero-order chi connectivity index (χ0) is 27.6. The van der Waals surface area contributed by atoms with Gasteiger partial charge in [0.05, 0.1) is 31.7 Å². The van der Waals surface area contributed by atoms with Crippen molar-refractivity contribution in [1.82, 2.24) is 5.32 Å². The maximum Gasteiger partial charge on any atom is 0.216 e. The molecule has 1 atom stereocenters. The monoisotopic (exact) mass is 531 g/mol. The van der Waals surface area contributed by atoms with E-state index >= 15 is 0 Å². The fourth-order valence-corrected chi connectivity index (χ4v) is 5.67. The first-order chi connectivity index (χ1) is 19.0. The van der Waals surface area contributed by atoms with Crippen molar-refractivity contribution >= 4 is 5.91 Å². The molecule has 5 heteroatoms.